The zero-order valence-corrected chi connectivity index (χ0v) is 17.3. The van der Waals surface area contributed by atoms with Crippen LogP contribution in [0, 0.1) is 0 Å². The summed E-state index contributed by atoms with van der Waals surface area (Å²) in [5.41, 5.74) is 2.37. The van der Waals surface area contributed by atoms with Crippen molar-refractivity contribution in [1.82, 2.24) is 25.2 Å². The SMILES string of the molecule is CN(Cc1ccccc1NC(=O)c1cn(C2CCNCC2)nn1)C1CCCCC1. The summed E-state index contributed by atoms with van der Waals surface area (Å²) < 4.78 is 1.85. The Bertz CT molecular complexity index is 807. The first-order chi connectivity index (χ1) is 14.2. The highest BCUT2D eigenvalue weighted by Crippen LogP contribution is 2.25. The first-order valence-corrected chi connectivity index (χ1v) is 10.9. The van der Waals surface area contributed by atoms with Gasteiger partial charge in [-0.05, 0) is 57.5 Å². The molecule has 1 aliphatic heterocycles. The normalized spacial score (nSPS) is 18.8. The molecule has 2 fully saturated rings. The van der Waals surface area contributed by atoms with Crippen LogP contribution in [-0.2, 0) is 6.54 Å². The molecule has 2 aromatic rings. The number of hydrogen-bond donors (Lipinski definition) is 2. The Balaban J connectivity index is 1.41. The lowest BCUT2D eigenvalue weighted by atomic mass is 9.94. The van der Waals surface area contributed by atoms with Gasteiger partial charge in [-0.3, -0.25) is 9.69 Å². The third-order valence-corrected chi connectivity index (χ3v) is 6.31. The summed E-state index contributed by atoms with van der Waals surface area (Å²) in [6, 6.07) is 9.03. The molecule has 29 heavy (non-hydrogen) atoms. The molecule has 7 nitrogen and oxygen atoms in total. The van der Waals surface area contributed by atoms with Crippen LogP contribution < -0.4 is 10.6 Å². The summed E-state index contributed by atoms with van der Waals surface area (Å²) in [5.74, 6) is -0.196. The van der Waals surface area contributed by atoms with E-state index in [1.165, 1.54) is 32.1 Å². The van der Waals surface area contributed by atoms with Crippen molar-refractivity contribution in [2.75, 3.05) is 25.5 Å². The van der Waals surface area contributed by atoms with E-state index in [0.717, 1.165) is 43.7 Å². The molecule has 2 heterocycles. The van der Waals surface area contributed by atoms with Crippen LogP contribution in [0.1, 0.15) is 67.0 Å². The number of amides is 1. The molecule has 0 unspecified atom stereocenters. The van der Waals surface area contributed by atoms with Crippen molar-refractivity contribution in [2.45, 2.75) is 63.6 Å². The van der Waals surface area contributed by atoms with Crippen LogP contribution in [0.2, 0.25) is 0 Å². The van der Waals surface area contributed by atoms with E-state index in [9.17, 15) is 4.79 Å². The standard InChI is InChI=1S/C22H32N6O/c1-27(18-8-3-2-4-9-18)15-17-7-5-6-10-20(17)24-22(29)21-16-28(26-25-21)19-11-13-23-14-12-19/h5-7,10,16,18-19,23H,2-4,8-9,11-15H2,1H3,(H,24,29). The third kappa shape index (κ3) is 5.03. The predicted octanol–water partition coefficient (Wildman–Crippen LogP) is 3.22. The topological polar surface area (TPSA) is 75.1 Å². The monoisotopic (exact) mass is 396 g/mol. The Morgan fingerprint density at radius 3 is 2.72 bits per heavy atom. The maximum absolute atomic E-state index is 12.8. The minimum absolute atomic E-state index is 0.196. The lowest BCUT2D eigenvalue weighted by molar-refractivity contribution is 0.102. The molecule has 1 saturated heterocycles. The van der Waals surface area contributed by atoms with Crippen molar-refractivity contribution < 1.29 is 4.79 Å². The van der Waals surface area contributed by atoms with Gasteiger partial charge in [0.2, 0.25) is 0 Å². The van der Waals surface area contributed by atoms with Crippen LogP contribution in [0.5, 0.6) is 0 Å². The van der Waals surface area contributed by atoms with Gasteiger partial charge < -0.3 is 10.6 Å². The first-order valence-electron chi connectivity index (χ1n) is 10.9. The van der Waals surface area contributed by atoms with Crippen molar-refractivity contribution in [3.05, 3.63) is 41.7 Å². The molecule has 1 aliphatic carbocycles. The summed E-state index contributed by atoms with van der Waals surface area (Å²) in [4.78, 5) is 15.2. The smallest absolute Gasteiger partial charge is 0.277 e. The molecule has 156 valence electrons. The molecule has 1 amide bonds. The second kappa shape index (κ2) is 9.50. The van der Waals surface area contributed by atoms with E-state index in [1.807, 2.05) is 22.9 Å². The average molecular weight is 397 g/mol. The minimum Gasteiger partial charge on any atom is -0.320 e. The third-order valence-electron chi connectivity index (χ3n) is 6.31. The molecule has 0 spiro atoms. The fourth-order valence-corrected chi connectivity index (χ4v) is 4.52. The van der Waals surface area contributed by atoms with Crippen LogP contribution in [0.25, 0.3) is 0 Å². The minimum atomic E-state index is -0.196. The maximum atomic E-state index is 12.8. The van der Waals surface area contributed by atoms with E-state index in [2.05, 4.69) is 39.0 Å². The summed E-state index contributed by atoms with van der Waals surface area (Å²) in [7, 11) is 2.19. The fourth-order valence-electron chi connectivity index (χ4n) is 4.52. The number of anilines is 1. The van der Waals surface area contributed by atoms with Gasteiger partial charge in [0.15, 0.2) is 5.69 Å². The molecular weight excluding hydrogens is 364 g/mol. The van der Waals surface area contributed by atoms with Crippen molar-refractivity contribution in [3.8, 4) is 0 Å². The molecule has 2 N–H and O–H groups in total. The molecule has 4 rings (SSSR count). The van der Waals surface area contributed by atoms with Gasteiger partial charge in [0, 0.05) is 18.3 Å². The molecule has 0 atom stereocenters. The molecule has 2 aliphatic rings. The second-order valence-corrected chi connectivity index (χ2v) is 8.38. The maximum Gasteiger partial charge on any atom is 0.277 e. The highest BCUT2D eigenvalue weighted by molar-refractivity contribution is 6.03. The van der Waals surface area contributed by atoms with Gasteiger partial charge in [0.25, 0.3) is 5.91 Å². The number of carbonyl (C=O) groups is 1. The quantitative estimate of drug-likeness (QED) is 0.784. The van der Waals surface area contributed by atoms with Gasteiger partial charge in [0.05, 0.1) is 12.2 Å². The zero-order chi connectivity index (χ0) is 20.1. The van der Waals surface area contributed by atoms with Gasteiger partial charge >= 0.3 is 0 Å². The fraction of sp³-hybridized carbons (Fsp3) is 0.591. The van der Waals surface area contributed by atoms with E-state index in [0.29, 0.717) is 17.8 Å². The zero-order valence-electron chi connectivity index (χ0n) is 17.3. The highest BCUT2D eigenvalue weighted by Gasteiger charge is 2.21. The Morgan fingerprint density at radius 2 is 1.93 bits per heavy atom. The van der Waals surface area contributed by atoms with Gasteiger partial charge in [-0.2, -0.15) is 0 Å². The van der Waals surface area contributed by atoms with Crippen LogP contribution in [0.15, 0.2) is 30.5 Å². The Morgan fingerprint density at radius 1 is 1.17 bits per heavy atom. The Hall–Kier alpha value is -2.25. The van der Waals surface area contributed by atoms with Crippen molar-refractivity contribution in [2.24, 2.45) is 0 Å². The van der Waals surface area contributed by atoms with Gasteiger partial charge in [-0.25, -0.2) is 4.68 Å². The number of piperidine rings is 1. The molecule has 1 aromatic carbocycles. The number of carbonyl (C=O) groups excluding carboxylic acids is 1. The molecular formula is C22H32N6O. The molecule has 7 heteroatoms. The number of rotatable bonds is 6. The number of para-hydroxylation sites is 1. The number of nitrogens with zero attached hydrogens (tertiary/aromatic N) is 4. The number of hydrogen-bond acceptors (Lipinski definition) is 5. The summed E-state index contributed by atoms with van der Waals surface area (Å²) in [6.07, 6.45) is 10.3. The number of benzene rings is 1. The van der Waals surface area contributed by atoms with Crippen LogP contribution >= 0.6 is 0 Å². The summed E-state index contributed by atoms with van der Waals surface area (Å²) in [6.45, 7) is 2.80. The van der Waals surface area contributed by atoms with Gasteiger partial charge in [-0.1, -0.05) is 42.7 Å². The molecule has 1 saturated carbocycles. The average Bonchev–Trinajstić information content (AvgIpc) is 3.27. The van der Waals surface area contributed by atoms with Crippen molar-refractivity contribution >= 4 is 11.6 Å². The van der Waals surface area contributed by atoms with E-state index in [-0.39, 0.29) is 5.91 Å². The van der Waals surface area contributed by atoms with Gasteiger partial charge in [-0.15, -0.1) is 5.10 Å². The van der Waals surface area contributed by atoms with E-state index >= 15 is 0 Å². The van der Waals surface area contributed by atoms with E-state index in [4.69, 9.17) is 0 Å². The summed E-state index contributed by atoms with van der Waals surface area (Å²) in [5, 5.41) is 14.7. The lowest BCUT2D eigenvalue weighted by Crippen LogP contribution is -2.33. The second-order valence-electron chi connectivity index (χ2n) is 8.38. The Labute approximate surface area is 172 Å². The summed E-state index contributed by atoms with van der Waals surface area (Å²) >= 11 is 0. The molecule has 1 aromatic heterocycles. The number of aromatic nitrogens is 3. The lowest BCUT2D eigenvalue weighted by Gasteiger charge is -2.31. The van der Waals surface area contributed by atoms with E-state index < -0.39 is 0 Å². The predicted molar refractivity (Wildman–Crippen MR) is 114 cm³/mol. The van der Waals surface area contributed by atoms with Gasteiger partial charge in [0.1, 0.15) is 0 Å². The van der Waals surface area contributed by atoms with E-state index in [1.54, 1.807) is 6.20 Å². The first kappa shape index (κ1) is 20.0. The highest BCUT2D eigenvalue weighted by atomic mass is 16.2. The largest absolute Gasteiger partial charge is 0.320 e. The number of nitrogens with one attached hydrogen (secondary N) is 2. The van der Waals surface area contributed by atoms with Crippen LogP contribution in [-0.4, -0.2) is 52.0 Å². The molecule has 0 radical (unpaired) electrons. The molecule has 0 bridgehead atoms. The van der Waals surface area contributed by atoms with Crippen LogP contribution in [0.3, 0.4) is 0 Å². The van der Waals surface area contributed by atoms with Crippen molar-refractivity contribution in [3.63, 3.8) is 0 Å². The van der Waals surface area contributed by atoms with Crippen molar-refractivity contribution in [1.29, 1.82) is 0 Å². The van der Waals surface area contributed by atoms with Crippen LogP contribution in [0.4, 0.5) is 5.69 Å². The Kier molecular flexibility index (Phi) is 6.56.